The predicted molar refractivity (Wildman–Crippen MR) is 40.2 cm³/mol. The molecule has 0 saturated carbocycles. The van der Waals surface area contributed by atoms with Gasteiger partial charge in [0.2, 0.25) is 0 Å². The lowest BCUT2D eigenvalue weighted by molar-refractivity contribution is -0.130. The van der Waals surface area contributed by atoms with E-state index in [-0.39, 0.29) is 18.0 Å². The van der Waals surface area contributed by atoms with Crippen LogP contribution in [0.4, 0.5) is 0 Å². The van der Waals surface area contributed by atoms with Crippen LogP contribution in [0.25, 0.3) is 0 Å². The van der Waals surface area contributed by atoms with Crippen LogP contribution in [-0.2, 0) is 14.4 Å². The Kier molecular flexibility index (Phi) is 4.34. The molecule has 11 heavy (non-hydrogen) atoms. The molecule has 0 fully saturated rings. The monoisotopic (exact) mass is 156 g/mol. The van der Waals surface area contributed by atoms with Gasteiger partial charge < -0.3 is 4.79 Å². The summed E-state index contributed by atoms with van der Waals surface area (Å²) >= 11 is 0. The predicted octanol–water partition coefficient (Wildman–Crippen LogP) is 0.760. The smallest absolute Gasteiger partial charge is 0.140 e. The molecule has 0 radical (unpaired) electrons. The fourth-order valence-electron chi connectivity index (χ4n) is 0.927. The Morgan fingerprint density at radius 1 is 1.27 bits per heavy atom. The van der Waals surface area contributed by atoms with Crippen molar-refractivity contribution in [2.45, 2.75) is 26.7 Å². The molecule has 0 amide bonds. The number of hydrogen-bond acceptors (Lipinski definition) is 3. The van der Waals surface area contributed by atoms with Crippen molar-refractivity contribution in [3.63, 3.8) is 0 Å². The summed E-state index contributed by atoms with van der Waals surface area (Å²) in [5.74, 6) is -0.876. The van der Waals surface area contributed by atoms with E-state index in [0.29, 0.717) is 6.42 Å². The molecule has 0 aliphatic rings. The Bertz CT molecular complexity index is 158. The Balaban J connectivity index is 4.00. The third kappa shape index (κ3) is 3.65. The van der Waals surface area contributed by atoms with Gasteiger partial charge in [-0.1, -0.05) is 0 Å². The number of aldehydes is 1. The summed E-state index contributed by atoms with van der Waals surface area (Å²) in [4.78, 5) is 31.4. The lowest BCUT2D eigenvalue weighted by Gasteiger charge is -2.06. The third-order valence-electron chi connectivity index (χ3n) is 1.55. The molecule has 0 aromatic rings. The molecule has 0 spiro atoms. The van der Waals surface area contributed by atoms with Crippen LogP contribution in [-0.4, -0.2) is 17.9 Å². The van der Waals surface area contributed by atoms with Gasteiger partial charge >= 0.3 is 0 Å². The number of carbonyl (C=O) groups is 3. The van der Waals surface area contributed by atoms with Crippen molar-refractivity contribution in [2.24, 2.45) is 5.92 Å². The van der Waals surface area contributed by atoms with Gasteiger partial charge in [-0.25, -0.2) is 0 Å². The normalized spacial score (nSPS) is 9.73. The summed E-state index contributed by atoms with van der Waals surface area (Å²) in [5.41, 5.74) is 0. The summed E-state index contributed by atoms with van der Waals surface area (Å²) < 4.78 is 0. The van der Waals surface area contributed by atoms with Gasteiger partial charge in [0.05, 0.1) is 5.92 Å². The molecular formula is C8H12O3. The van der Waals surface area contributed by atoms with Crippen molar-refractivity contribution in [3.05, 3.63) is 0 Å². The van der Waals surface area contributed by atoms with Crippen LogP contribution in [0.2, 0.25) is 0 Å². The third-order valence-corrected chi connectivity index (χ3v) is 1.55. The quantitative estimate of drug-likeness (QED) is 0.436. The van der Waals surface area contributed by atoms with E-state index in [1.807, 2.05) is 0 Å². The van der Waals surface area contributed by atoms with Gasteiger partial charge in [-0.2, -0.15) is 0 Å². The lowest BCUT2D eigenvalue weighted by Crippen LogP contribution is -2.19. The van der Waals surface area contributed by atoms with Gasteiger partial charge in [0.1, 0.15) is 17.9 Å². The highest BCUT2D eigenvalue weighted by Crippen LogP contribution is 2.07. The van der Waals surface area contributed by atoms with Crippen LogP contribution >= 0.6 is 0 Å². The first-order valence-corrected chi connectivity index (χ1v) is 3.54. The van der Waals surface area contributed by atoms with Gasteiger partial charge in [0.15, 0.2) is 0 Å². The molecule has 3 nitrogen and oxygen atoms in total. The first kappa shape index (κ1) is 10.0. The molecule has 3 heteroatoms. The fourth-order valence-corrected chi connectivity index (χ4v) is 0.927. The molecule has 0 aliphatic heterocycles. The molecule has 0 rings (SSSR count). The van der Waals surface area contributed by atoms with Crippen molar-refractivity contribution in [3.8, 4) is 0 Å². The van der Waals surface area contributed by atoms with E-state index in [0.717, 1.165) is 6.29 Å². The van der Waals surface area contributed by atoms with E-state index in [9.17, 15) is 14.4 Å². The van der Waals surface area contributed by atoms with E-state index in [1.165, 1.54) is 13.8 Å². The maximum Gasteiger partial charge on any atom is 0.140 e. The zero-order valence-corrected chi connectivity index (χ0v) is 6.79. The summed E-state index contributed by atoms with van der Waals surface area (Å²) in [6.45, 7) is 2.74. The van der Waals surface area contributed by atoms with Crippen LogP contribution < -0.4 is 0 Å². The maximum absolute atomic E-state index is 10.8. The summed E-state index contributed by atoms with van der Waals surface area (Å²) in [7, 11) is 0. The van der Waals surface area contributed by atoms with Gasteiger partial charge in [-0.15, -0.1) is 0 Å². The summed E-state index contributed by atoms with van der Waals surface area (Å²) in [6, 6.07) is 0. The number of hydrogen-bond donors (Lipinski definition) is 0. The van der Waals surface area contributed by atoms with Crippen LogP contribution in [0.1, 0.15) is 26.7 Å². The van der Waals surface area contributed by atoms with Crippen LogP contribution in [0, 0.1) is 5.92 Å². The van der Waals surface area contributed by atoms with Crippen LogP contribution in [0.15, 0.2) is 0 Å². The van der Waals surface area contributed by atoms with Gasteiger partial charge in [-0.3, -0.25) is 9.59 Å². The van der Waals surface area contributed by atoms with Crippen molar-refractivity contribution >= 4 is 17.9 Å². The lowest BCUT2D eigenvalue weighted by atomic mass is 9.96. The maximum atomic E-state index is 10.8. The Hall–Kier alpha value is -0.990. The molecule has 0 N–H and O–H groups in total. The minimum Gasteiger partial charge on any atom is -0.303 e. The minimum absolute atomic E-state index is 0.153. The van der Waals surface area contributed by atoms with Crippen molar-refractivity contribution < 1.29 is 14.4 Å². The molecule has 0 aromatic carbocycles. The second-order valence-corrected chi connectivity index (χ2v) is 2.52. The van der Waals surface area contributed by atoms with E-state index < -0.39 is 5.92 Å². The number of Topliss-reactive ketones (excluding diaryl/α,β-unsaturated/α-hetero) is 2. The topological polar surface area (TPSA) is 51.2 Å². The Morgan fingerprint density at radius 3 is 2.00 bits per heavy atom. The molecule has 0 saturated heterocycles. The number of ketones is 2. The fraction of sp³-hybridized carbons (Fsp3) is 0.625. The molecule has 0 heterocycles. The molecule has 62 valence electrons. The highest BCUT2D eigenvalue weighted by atomic mass is 16.1. The van der Waals surface area contributed by atoms with Crippen LogP contribution in [0.5, 0.6) is 0 Å². The number of carbonyl (C=O) groups excluding carboxylic acids is 3. The largest absolute Gasteiger partial charge is 0.303 e. The van der Waals surface area contributed by atoms with Crippen molar-refractivity contribution in [1.29, 1.82) is 0 Å². The van der Waals surface area contributed by atoms with E-state index in [4.69, 9.17) is 0 Å². The van der Waals surface area contributed by atoms with Crippen molar-refractivity contribution in [1.82, 2.24) is 0 Å². The standard InChI is InChI=1S/C8H12O3/c1-6(10)8(7(2)11)4-3-5-9/h5,8H,3-4H2,1-2H3. The highest BCUT2D eigenvalue weighted by Gasteiger charge is 2.17. The average Bonchev–Trinajstić information content (AvgIpc) is 1.87. The first-order valence-electron chi connectivity index (χ1n) is 3.54. The molecular weight excluding hydrogens is 144 g/mol. The SMILES string of the molecule is CC(=O)C(CCC=O)C(C)=O. The molecule has 0 atom stereocenters. The van der Waals surface area contributed by atoms with Crippen LogP contribution in [0.3, 0.4) is 0 Å². The van der Waals surface area contributed by atoms with Gasteiger partial charge in [0, 0.05) is 6.42 Å². The van der Waals surface area contributed by atoms with Crippen molar-refractivity contribution in [2.75, 3.05) is 0 Å². The zero-order chi connectivity index (χ0) is 8.85. The molecule has 0 bridgehead atoms. The first-order chi connectivity index (χ1) is 5.09. The summed E-state index contributed by atoms with van der Waals surface area (Å²) in [6.07, 6.45) is 1.36. The molecule has 0 aromatic heterocycles. The second-order valence-electron chi connectivity index (χ2n) is 2.52. The number of rotatable bonds is 5. The van der Waals surface area contributed by atoms with Gasteiger partial charge in [0.25, 0.3) is 0 Å². The second kappa shape index (κ2) is 4.77. The van der Waals surface area contributed by atoms with E-state index in [1.54, 1.807) is 0 Å². The average molecular weight is 156 g/mol. The van der Waals surface area contributed by atoms with E-state index in [2.05, 4.69) is 0 Å². The molecule has 0 unspecified atom stereocenters. The minimum atomic E-state index is -0.569. The Labute approximate surface area is 65.8 Å². The summed E-state index contributed by atoms with van der Waals surface area (Å²) in [5, 5.41) is 0. The Morgan fingerprint density at radius 2 is 1.73 bits per heavy atom. The van der Waals surface area contributed by atoms with Gasteiger partial charge in [-0.05, 0) is 20.3 Å². The molecule has 0 aliphatic carbocycles. The highest BCUT2D eigenvalue weighted by molar-refractivity contribution is 6.00. The zero-order valence-electron chi connectivity index (χ0n) is 6.79. The van der Waals surface area contributed by atoms with E-state index >= 15 is 0 Å².